The van der Waals surface area contributed by atoms with Gasteiger partial charge >= 0.3 is 0 Å². The summed E-state index contributed by atoms with van der Waals surface area (Å²) in [5.74, 6) is -0.0393. The number of anilines is 1. The van der Waals surface area contributed by atoms with Gasteiger partial charge in [0.05, 0.1) is 5.92 Å². The number of benzene rings is 2. The molecule has 0 spiro atoms. The monoisotopic (exact) mass is 267 g/mol. The van der Waals surface area contributed by atoms with Gasteiger partial charge in [0.25, 0.3) is 0 Å². The molecule has 0 aliphatic heterocycles. The number of rotatable bonds is 4. The van der Waals surface area contributed by atoms with Gasteiger partial charge in [-0.3, -0.25) is 4.79 Å². The highest BCUT2D eigenvalue weighted by atomic mass is 16.1. The van der Waals surface area contributed by atoms with Crippen molar-refractivity contribution in [3.8, 4) is 0 Å². The Morgan fingerprint density at radius 1 is 1.10 bits per heavy atom. The highest BCUT2D eigenvalue weighted by Crippen LogP contribution is 2.23. The molecule has 0 bridgehead atoms. The minimum Gasteiger partial charge on any atom is -0.325 e. The van der Waals surface area contributed by atoms with Crippen LogP contribution < -0.4 is 5.32 Å². The molecule has 0 aliphatic rings. The molecule has 104 valence electrons. The summed E-state index contributed by atoms with van der Waals surface area (Å²) in [6.07, 6.45) is 0.792. The van der Waals surface area contributed by atoms with Crippen molar-refractivity contribution in [3.05, 3.63) is 65.2 Å². The van der Waals surface area contributed by atoms with Gasteiger partial charge < -0.3 is 5.32 Å². The van der Waals surface area contributed by atoms with Crippen LogP contribution in [0.15, 0.2) is 48.5 Å². The van der Waals surface area contributed by atoms with Crippen molar-refractivity contribution in [1.82, 2.24) is 0 Å². The second kappa shape index (κ2) is 6.38. The van der Waals surface area contributed by atoms with Crippen LogP contribution in [-0.2, 0) is 4.79 Å². The van der Waals surface area contributed by atoms with E-state index in [1.807, 2.05) is 56.3 Å². The van der Waals surface area contributed by atoms with Gasteiger partial charge in [-0.05, 0) is 37.5 Å². The van der Waals surface area contributed by atoms with Gasteiger partial charge in [-0.15, -0.1) is 0 Å². The smallest absolute Gasteiger partial charge is 0.231 e. The third kappa shape index (κ3) is 3.27. The molecule has 0 saturated heterocycles. The fourth-order valence-electron chi connectivity index (χ4n) is 2.43. The summed E-state index contributed by atoms with van der Waals surface area (Å²) in [6, 6.07) is 16.0. The minimum atomic E-state index is -0.100. The second-order valence-corrected chi connectivity index (χ2v) is 5.18. The van der Waals surface area contributed by atoms with Crippen LogP contribution in [0.3, 0.4) is 0 Å². The van der Waals surface area contributed by atoms with Crippen LogP contribution in [0.2, 0.25) is 0 Å². The van der Waals surface area contributed by atoms with E-state index in [1.165, 1.54) is 5.56 Å². The van der Waals surface area contributed by atoms with E-state index in [4.69, 9.17) is 0 Å². The molecular formula is C18H21NO. The molecule has 1 atom stereocenters. The number of carbonyl (C=O) groups excluding carboxylic acids is 1. The first kappa shape index (κ1) is 14.3. The van der Waals surface area contributed by atoms with Crippen LogP contribution in [0.1, 0.15) is 36.0 Å². The van der Waals surface area contributed by atoms with Gasteiger partial charge in [-0.2, -0.15) is 0 Å². The van der Waals surface area contributed by atoms with Crippen LogP contribution in [0.5, 0.6) is 0 Å². The number of hydrogen-bond donors (Lipinski definition) is 1. The SMILES string of the molecule is CC[C@H](C(=O)Nc1ccc(C)cc1C)c1ccccc1. The molecule has 0 fully saturated rings. The Kier molecular flexibility index (Phi) is 4.57. The van der Waals surface area contributed by atoms with E-state index < -0.39 is 0 Å². The predicted octanol–water partition coefficient (Wildman–Crippen LogP) is 4.44. The van der Waals surface area contributed by atoms with Crippen LogP contribution in [0.4, 0.5) is 5.69 Å². The first-order valence-corrected chi connectivity index (χ1v) is 7.05. The molecule has 2 rings (SSSR count). The van der Waals surface area contributed by atoms with Gasteiger partial charge in [-0.1, -0.05) is 55.0 Å². The lowest BCUT2D eigenvalue weighted by atomic mass is 9.95. The fraction of sp³-hybridized carbons (Fsp3) is 0.278. The first-order chi connectivity index (χ1) is 9.61. The number of aryl methyl sites for hydroxylation is 2. The summed E-state index contributed by atoms with van der Waals surface area (Å²) in [5.41, 5.74) is 4.27. The number of carbonyl (C=O) groups is 1. The summed E-state index contributed by atoms with van der Waals surface area (Å²) in [5, 5.41) is 3.05. The summed E-state index contributed by atoms with van der Waals surface area (Å²) in [7, 11) is 0. The number of amides is 1. The molecule has 0 saturated carbocycles. The molecule has 2 heteroatoms. The standard InChI is InChI=1S/C18H21NO/c1-4-16(15-8-6-5-7-9-15)18(20)19-17-11-10-13(2)12-14(17)3/h5-12,16H,4H2,1-3H3,(H,19,20)/t16-/m0/s1. The zero-order chi connectivity index (χ0) is 14.5. The van der Waals surface area contributed by atoms with E-state index in [0.29, 0.717) is 0 Å². The largest absolute Gasteiger partial charge is 0.325 e. The van der Waals surface area contributed by atoms with Gasteiger partial charge in [0.15, 0.2) is 0 Å². The summed E-state index contributed by atoms with van der Waals surface area (Å²) in [6.45, 7) is 6.11. The van der Waals surface area contributed by atoms with Gasteiger partial charge in [0.2, 0.25) is 5.91 Å². The lowest BCUT2D eigenvalue weighted by Crippen LogP contribution is -2.21. The quantitative estimate of drug-likeness (QED) is 0.872. The lowest BCUT2D eigenvalue weighted by molar-refractivity contribution is -0.117. The Labute approximate surface area is 120 Å². The fourth-order valence-corrected chi connectivity index (χ4v) is 2.43. The van der Waals surface area contributed by atoms with Crippen LogP contribution >= 0.6 is 0 Å². The predicted molar refractivity (Wildman–Crippen MR) is 84.0 cm³/mol. The molecule has 1 amide bonds. The average Bonchev–Trinajstić information content (AvgIpc) is 2.44. The van der Waals surface area contributed by atoms with Crippen LogP contribution in [0, 0.1) is 13.8 Å². The Morgan fingerprint density at radius 3 is 2.40 bits per heavy atom. The highest BCUT2D eigenvalue weighted by Gasteiger charge is 2.18. The van der Waals surface area contributed by atoms with Crippen molar-refractivity contribution in [1.29, 1.82) is 0 Å². The normalized spacial score (nSPS) is 11.9. The molecule has 0 heterocycles. The Bertz CT molecular complexity index is 590. The third-order valence-electron chi connectivity index (χ3n) is 3.57. The zero-order valence-corrected chi connectivity index (χ0v) is 12.3. The number of hydrogen-bond acceptors (Lipinski definition) is 1. The van der Waals surface area contributed by atoms with E-state index in [1.54, 1.807) is 0 Å². The lowest BCUT2D eigenvalue weighted by Gasteiger charge is -2.16. The Hall–Kier alpha value is -2.09. The van der Waals surface area contributed by atoms with Gasteiger partial charge in [0, 0.05) is 5.69 Å². The summed E-state index contributed by atoms with van der Waals surface area (Å²) in [4.78, 5) is 12.5. The van der Waals surface area contributed by atoms with E-state index in [0.717, 1.165) is 23.2 Å². The Balaban J connectivity index is 2.18. The molecule has 0 aliphatic carbocycles. The summed E-state index contributed by atoms with van der Waals surface area (Å²) >= 11 is 0. The molecule has 0 aromatic heterocycles. The van der Waals surface area contributed by atoms with E-state index in [2.05, 4.69) is 18.3 Å². The molecule has 2 nitrogen and oxygen atoms in total. The van der Waals surface area contributed by atoms with Crippen molar-refractivity contribution in [2.24, 2.45) is 0 Å². The third-order valence-corrected chi connectivity index (χ3v) is 3.57. The molecule has 1 N–H and O–H groups in total. The highest BCUT2D eigenvalue weighted by molar-refractivity contribution is 5.96. The van der Waals surface area contributed by atoms with E-state index >= 15 is 0 Å². The maximum Gasteiger partial charge on any atom is 0.231 e. The molecular weight excluding hydrogens is 246 g/mol. The zero-order valence-electron chi connectivity index (χ0n) is 12.3. The first-order valence-electron chi connectivity index (χ1n) is 7.05. The van der Waals surface area contributed by atoms with Crippen molar-refractivity contribution in [3.63, 3.8) is 0 Å². The topological polar surface area (TPSA) is 29.1 Å². The van der Waals surface area contributed by atoms with Crippen molar-refractivity contribution < 1.29 is 4.79 Å². The van der Waals surface area contributed by atoms with E-state index in [9.17, 15) is 4.79 Å². The van der Waals surface area contributed by atoms with Crippen LogP contribution in [-0.4, -0.2) is 5.91 Å². The van der Waals surface area contributed by atoms with Crippen molar-refractivity contribution >= 4 is 11.6 Å². The Morgan fingerprint density at radius 2 is 1.80 bits per heavy atom. The molecule has 20 heavy (non-hydrogen) atoms. The maximum atomic E-state index is 12.5. The molecule has 0 radical (unpaired) electrons. The van der Waals surface area contributed by atoms with E-state index in [-0.39, 0.29) is 11.8 Å². The minimum absolute atomic E-state index is 0.0608. The van der Waals surface area contributed by atoms with Crippen molar-refractivity contribution in [2.75, 3.05) is 5.32 Å². The second-order valence-electron chi connectivity index (χ2n) is 5.18. The van der Waals surface area contributed by atoms with Crippen molar-refractivity contribution in [2.45, 2.75) is 33.1 Å². The van der Waals surface area contributed by atoms with Gasteiger partial charge in [-0.25, -0.2) is 0 Å². The molecule has 2 aromatic rings. The molecule has 2 aromatic carbocycles. The maximum absolute atomic E-state index is 12.5. The molecule has 0 unspecified atom stereocenters. The average molecular weight is 267 g/mol. The summed E-state index contributed by atoms with van der Waals surface area (Å²) < 4.78 is 0. The number of nitrogens with one attached hydrogen (secondary N) is 1. The van der Waals surface area contributed by atoms with Gasteiger partial charge in [0.1, 0.15) is 0 Å². The van der Waals surface area contributed by atoms with Crippen LogP contribution in [0.25, 0.3) is 0 Å².